The van der Waals surface area contributed by atoms with Gasteiger partial charge >= 0.3 is 0 Å². The summed E-state index contributed by atoms with van der Waals surface area (Å²) in [6, 6.07) is -0.799. The number of rotatable bonds is 7. The van der Waals surface area contributed by atoms with Crippen molar-refractivity contribution < 1.29 is 9.59 Å². The lowest BCUT2D eigenvalue weighted by molar-refractivity contribution is -0.126. The van der Waals surface area contributed by atoms with Gasteiger partial charge in [0.05, 0.1) is 12.5 Å². The first-order valence-corrected chi connectivity index (χ1v) is 6.39. The molecular formula is C12H21N3O2. The summed E-state index contributed by atoms with van der Waals surface area (Å²) in [7, 11) is 0. The third-order valence-corrected chi connectivity index (χ3v) is 3.72. The molecule has 0 bridgehead atoms. The zero-order chi connectivity index (χ0) is 12.4. The van der Waals surface area contributed by atoms with Crippen LogP contribution in [0, 0.1) is 17.8 Å². The van der Waals surface area contributed by atoms with Gasteiger partial charge in [-0.05, 0) is 43.4 Å². The Kier molecular flexibility index (Phi) is 3.66. The topological polar surface area (TPSA) is 98.2 Å². The van der Waals surface area contributed by atoms with Crippen molar-refractivity contribution in [3.8, 4) is 0 Å². The van der Waals surface area contributed by atoms with Crippen LogP contribution in [0.3, 0.4) is 0 Å². The lowest BCUT2D eigenvalue weighted by Gasteiger charge is -2.17. The third kappa shape index (κ3) is 3.70. The maximum Gasteiger partial charge on any atom is 0.237 e. The maximum absolute atomic E-state index is 11.6. The number of nitrogens with two attached hydrogens (primary N) is 2. The van der Waals surface area contributed by atoms with Crippen LogP contribution in [0.4, 0.5) is 0 Å². The van der Waals surface area contributed by atoms with Crippen molar-refractivity contribution in [3.05, 3.63) is 0 Å². The van der Waals surface area contributed by atoms with Gasteiger partial charge in [0.2, 0.25) is 11.8 Å². The van der Waals surface area contributed by atoms with Crippen LogP contribution in [0.15, 0.2) is 0 Å². The molecular weight excluding hydrogens is 218 g/mol. The Hall–Kier alpha value is -1.10. The summed E-state index contributed by atoms with van der Waals surface area (Å²) in [5.41, 5.74) is 10.6. The van der Waals surface area contributed by atoms with Crippen molar-refractivity contribution in [1.82, 2.24) is 5.32 Å². The first-order chi connectivity index (χ1) is 8.08. The van der Waals surface area contributed by atoms with Crippen molar-refractivity contribution in [2.45, 2.75) is 38.1 Å². The molecule has 0 heterocycles. The highest BCUT2D eigenvalue weighted by molar-refractivity contribution is 5.87. The molecule has 1 atom stereocenters. The van der Waals surface area contributed by atoms with Crippen molar-refractivity contribution in [1.29, 1.82) is 0 Å². The van der Waals surface area contributed by atoms with E-state index in [1.54, 1.807) is 0 Å². The van der Waals surface area contributed by atoms with Crippen LogP contribution in [0.5, 0.6) is 0 Å². The summed E-state index contributed by atoms with van der Waals surface area (Å²) in [6.45, 7) is 0.709. The van der Waals surface area contributed by atoms with Gasteiger partial charge in [0.15, 0.2) is 0 Å². The molecule has 0 aliphatic heterocycles. The largest absolute Gasteiger partial charge is 0.370 e. The minimum absolute atomic E-state index is 0.0800. The van der Waals surface area contributed by atoms with Crippen LogP contribution in [0.25, 0.3) is 0 Å². The van der Waals surface area contributed by atoms with Gasteiger partial charge in [0.1, 0.15) is 0 Å². The number of carbonyl (C=O) groups is 2. The standard InChI is InChI=1S/C12H21N3O2/c13-10(5-11(14)16)12(17)15-6-9(7-1-2-7)8-3-4-8/h7-10H,1-6,13H2,(H2,14,16)(H,15,17). The minimum atomic E-state index is -0.799. The molecule has 2 saturated carbocycles. The van der Waals surface area contributed by atoms with Gasteiger partial charge in [-0.25, -0.2) is 0 Å². The fourth-order valence-corrected chi connectivity index (χ4v) is 2.43. The third-order valence-electron chi connectivity index (χ3n) is 3.72. The highest BCUT2D eigenvalue weighted by Gasteiger charge is 2.41. The zero-order valence-corrected chi connectivity index (χ0v) is 10.0. The second-order valence-corrected chi connectivity index (χ2v) is 5.36. The number of hydrogen-bond acceptors (Lipinski definition) is 3. The molecule has 96 valence electrons. The van der Waals surface area contributed by atoms with Gasteiger partial charge in [-0.15, -0.1) is 0 Å². The second kappa shape index (κ2) is 5.04. The smallest absolute Gasteiger partial charge is 0.237 e. The van der Waals surface area contributed by atoms with Gasteiger partial charge in [0.25, 0.3) is 0 Å². The molecule has 5 heteroatoms. The van der Waals surface area contributed by atoms with E-state index in [0.29, 0.717) is 12.5 Å². The molecule has 0 aromatic rings. The predicted molar refractivity (Wildman–Crippen MR) is 63.7 cm³/mol. The molecule has 0 saturated heterocycles. The molecule has 2 rings (SSSR count). The summed E-state index contributed by atoms with van der Waals surface area (Å²) < 4.78 is 0. The zero-order valence-electron chi connectivity index (χ0n) is 10.0. The average molecular weight is 239 g/mol. The van der Waals surface area contributed by atoms with Gasteiger partial charge in [-0.3, -0.25) is 9.59 Å². The summed E-state index contributed by atoms with van der Waals surface area (Å²) >= 11 is 0. The van der Waals surface area contributed by atoms with Crippen LogP contribution in [0.1, 0.15) is 32.1 Å². The number of primary amides is 1. The van der Waals surface area contributed by atoms with E-state index in [4.69, 9.17) is 11.5 Å². The van der Waals surface area contributed by atoms with E-state index in [2.05, 4.69) is 5.32 Å². The number of nitrogens with one attached hydrogen (secondary N) is 1. The summed E-state index contributed by atoms with van der Waals surface area (Å²) in [4.78, 5) is 22.3. The summed E-state index contributed by atoms with van der Waals surface area (Å²) in [5, 5.41) is 2.86. The Morgan fingerprint density at radius 1 is 1.18 bits per heavy atom. The first-order valence-electron chi connectivity index (χ1n) is 6.39. The quantitative estimate of drug-likeness (QED) is 0.571. The lowest BCUT2D eigenvalue weighted by atomic mass is 9.98. The number of hydrogen-bond donors (Lipinski definition) is 3. The molecule has 2 aliphatic carbocycles. The van der Waals surface area contributed by atoms with E-state index in [1.165, 1.54) is 25.7 Å². The van der Waals surface area contributed by atoms with E-state index in [1.807, 2.05) is 0 Å². The average Bonchev–Trinajstić information content (AvgIpc) is 3.11. The molecule has 5 nitrogen and oxygen atoms in total. The number of amides is 2. The molecule has 0 aromatic carbocycles. The maximum atomic E-state index is 11.6. The second-order valence-electron chi connectivity index (χ2n) is 5.36. The summed E-state index contributed by atoms with van der Waals surface area (Å²) in [5.74, 6) is 1.44. The van der Waals surface area contributed by atoms with Crippen LogP contribution in [0.2, 0.25) is 0 Å². The van der Waals surface area contributed by atoms with E-state index in [0.717, 1.165) is 11.8 Å². The molecule has 5 N–H and O–H groups in total. The Labute approximate surface area is 101 Å². The molecule has 2 fully saturated rings. The van der Waals surface area contributed by atoms with Gasteiger partial charge < -0.3 is 16.8 Å². The van der Waals surface area contributed by atoms with E-state index in [9.17, 15) is 9.59 Å². The van der Waals surface area contributed by atoms with Crippen molar-refractivity contribution >= 4 is 11.8 Å². The highest BCUT2D eigenvalue weighted by atomic mass is 16.2. The van der Waals surface area contributed by atoms with Crippen molar-refractivity contribution in [2.75, 3.05) is 6.54 Å². The SMILES string of the molecule is NC(=O)CC(N)C(=O)NCC(C1CC1)C1CC1. The molecule has 1 unspecified atom stereocenters. The fourth-order valence-electron chi connectivity index (χ4n) is 2.43. The molecule has 17 heavy (non-hydrogen) atoms. The van der Waals surface area contributed by atoms with Gasteiger partial charge in [-0.2, -0.15) is 0 Å². The molecule has 0 aromatic heterocycles. The number of carbonyl (C=O) groups excluding carboxylic acids is 2. The van der Waals surface area contributed by atoms with Crippen LogP contribution >= 0.6 is 0 Å². The summed E-state index contributed by atoms with van der Waals surface area (Å²) in [6.07, 6.45) is 5.10. The van der Waals surface area contributed by atoms with E-state index in [-0.39, 0.29) is 12.3 Å². The normalized spacial score (nSPS) is 21.3. The molecule has 2 aliphatic rings. The molecule has 0 radical (unpaired) electrons. The van der Waals surface area contributed by atoms with Gasteiger partial charge in [0, 0.05) is 6.54 Å². The Balaban J connectivity index is 1.72. The van der Waals surface area contributed by atoms with Crippen LogP contribution < -0.4 is 16.8 Å². The highest BCUT2D eigenvalue weighted by Crippen LogP contribution is 2.48. The van der Waals surface area contributed by atoms with Gasteiger partial charge in [-0.1, -0.05) is 0 Å². The monoisotopic (exact) mass is 239 g/mol. The van der Waals surface area contributed by atoms with Crippen molar-refractivity contribution in [3.63, 3.8) is 0 Å². The van der Waals surface area contributed by atoms with Crippen LogP contribution in [-0.2, 0) is 9.59 Å². The predicted octanol–water partition coefficient (Wildman–Crippen LogP) is -0.259. The first kappa shape index (κ1) is 12.4. The fraction of sp³-hybridized carbons (Fsp3) is 0.833. The molecule has 0 spiro atoms. The Morgan fingerprint density at radius 3 is 2.12 bits per heavy atom. The minimum Gasteiger partial charge on any atom is -0.370 e. The Bertz CT molecular complexity index is 299. The van der Waals surface area contributed by atoms with Crippen LogP contribution in [-0.4, -0.2) is 24.4 Å². The van der Waals surface area contributed by atoms with E-state index < -0.39 is 11.9 Å². The Morgan fingerprint density at radius 2 is 1.71 bits per heavy atom. The lowest BCUT2D eigenvalue weighted by Crippen LogP contribution is -2.44. The van der Waals surface area contributed by atoms with E-state index >= 15 is 0 Å². The van der Waals surface area contributed by atoms with Crippen molar-refractivity contribution in [2.24, 2.45) is 29.2 Å². The molecule has 2 amide bonds.